The van der Waals surface area contributed by atoms with Gasteiger partial charge < -0.3 is 20.8 Å². The van der Waals surface area contributed by atoms with Gasteiger partial charge in [0.2, 0.25) is 5.75 Å². The van der Waals surface area contributed by atoms with Crippen molar-refractivity contribution < 1.29 is 19.9 Å². The highest BCUT2D eigenvalue weighted by atomic mass is 16.6. The summed E-state index contributed by atoms with van der Waals surface area (Å²) in [6, 6.07) is 3.56. The molecule has 0 saturated heterocycles. The lowest BCUT2D eigenvalue weighted by Gasteiger charge is -2.20. The Bertz CT molecular complexity index is 736. The molecule has 0 spiro atoms. The van der Waals surface area contributed by atoms with E-state index < -0.39 is 28.0 Å². The Hall–Kier alpha value is -3.28. The highest BCUT2D eigenvalue weighted by Crippen LogP contribution is 2.37. The number of benzene rings is 1. The fraction of sp³-hybridized carbons (Fsp3) is 0.333. The van der Waals surface area contributed by atoms with Gasteiger partial charge in [0, 0.05) is 24.7 Å². The van der Waals surface area contributed by atoms with Gasteiger partial charge in [0.25, 0.3) is 5.91 Å². The molecule has 0 heterocycles. The summed E-state index contributed by atoms with van der Waals surface area (Å²) in [5, 5.41) is 39.2. The van der Waals surface area contributed by atoms with Crippen molar-refractivity contribution in [2.45, 2.75) is 20.3 Å². The van der Waals surface area contributed by atoms with Gasteiger partial charge in [0.15, 0.2) is 5.75 Å². The van der Waals surface area contributed by atoms with Gasteiger partial charge >= 0.3 is 5.69 Å². The number of nitrogens with two attached hydrogens (primary N) is 1. The highest BCUT2D eigenvalue weighted by Gasteiger charge is 2.24. The van der Waals surface area contributed by atoms with Crippen LogP contribution in [-0.2, 0) is 4.79 Å². The zero-order chi connectivity index (χ0) is 18.4. The Kier molecular flexibility index (Phi) is 6.12. The van der Waals surface area contributed by atoms with E-state index >= 15 is 0 Å². The Balaban J connectivity index is 3.47. The van der Waals surface area contributed by atoms with Crippen molar-refractivity contribution in [3.63, 3.8) is 0 Å². The summed E-state index contributed by atoms with van der Waals surface area (Å²) in [6.07, 6.45) is 0.684. The number of hydrogen-bond donors (Lipinski definition) is 3. The van der Waals surface area contributed by atoms with E-state index in [9.17, 15) is 30.4 Å². The third-order valence-corrected chi connectivity index (χ3v) is 3.33. The molecule has 24 heavy (non-hydrogen) atoms. The van der Waals surface area contributed by atoms with Crippen molar-refractivity contribution in [3.8, 4) is 17.6 Å². The van der Waals surface area contributed by atoms with Gasteiger partial charge in [-0.05, 0) is 19.4 Å². The molecule has 9 nitrogen and oxygen atoms in total. The minimum atomic E-state index is -0.914. The van der Waals surface area contributed by atoms with Crippen LogP contribution in [-0.4, -0.2) is 39.0 Å². The van der Waals surface area contributed by atoms with Crippen LogP contribution < -0.4 is 5.73 Å². The first-order valence-corrected chi connectivity index (χ1v) is 7.18. The minimum Gasteiger partial charge on any atom is -0.504 e. The molecule has 0 aliphatic heterocycles. The van der Waals surface area contributed by atoms with Gasteiger partial charge in [-0.3, -0.25) is 14.9 Å². The molecule has 0 aliphatic carbocycles. The zero-order valence-electron chi connectivity index (χ0n) is 13.3. The van der Waals surface area contributed by atoms with Gasteiger partial charge in [-0.15, -0.1) is 0 Å². The van der Waals surface area contributed by atoms with E-state index in [1.807, 2.05) is 6.92 Å². The van der Waals surface area contributed by atoms with Gasteiger partial charge in [-0.25, -0.2) is 0 Å². The molecule has 0 bridgehead atoms. The van der Waals surface area contributed by atoms with E-state index in [4.69, 9.17) is 5.73 Å². The zero-order valence-corrected chi connectivity index (χ0v) is 13.3. The van der Waals surface area contributed by atoms with Crippen LogP contribution in [0.1, 0.15) is 25.8 Å². The maximum atomic E-state index is 12.4. The van der Waals surface area contributed by atoms with E-state index in [0.717, 1.165) is 12.1 Å². The van der Waals surface area contributed by atoms with Crippen LogP contribution in [0, 0.1) is 21.4 Å². The van der Waals surface area contributed by atoms with E-state index in [1.54, 1.807) is 13.0 Å². The van der Waals surface area contributed by atoms with E-state index in [2.05, 4.69) is 0 Å². The number of nitrogens with zero attached hydrogens (tertiary/aromatic N) is 3. The Morgan fingerprint density at radius 2 is 2.04 bits per heavy atom. The molecular formula is C15H18N4O5. The molecule has 0 unspecified atom stereocenters. The van der Waals surface area contributed by atoms with Gasteiger partial charge in [0.05, 0.1) is 10.6 Å². The molecule has 9 heteroatoms. The third kappa shape index (κ3) is 3.73. The first-order valence-electron chi connectivity index (χ1n) is 7.18. The molecule has 0 radical (unpaired) electrons. The van der Waals surface area contributed by atoms with Crippen LogP contribution in [0.3, 0.4) is 0 Å². The second-order valence-corrected chi connectivity index (χ2v) is 4.91. The molecule has 0 aromatic heterocycles. The van der Waals surface area contributed by atoms with Crippen molar-refractivity contribution in [2.75, 3.05) is 13.1 Å². The van der Waals surface area contributed by atoms with Gasteiger partial charge in [0.1, 0.15) is 11.6 Å². The lowest BCUT2D eigenvalue weighted by atomic mass is 10.0. The van der Waals surface area contributed by atoms with Crippen molar-refractivity contribution in [2.24, 2.45) is 5.73 Å². The highest BCUT2D eigenvalue weighted by molar-refractivity contribution is 6.04. The molecule has 4 N–H and O–H groups in total. The topological polar surface area (TPSA) is 154 Å². The second-order valence-electron chi connectivity index (χ2n) is 4.91. The average Bonchev–Trinajstić information content (AvgIpc) is 2.54. The van der Waals surface area contributed by atoms with Gasteiger partial charge in [-0.2, -0.15) is 5.26 Å². The number of aromatic hydroxyl groups is 2. The predicted octanol–water partition coefficient (Wildman–Crippen LogP) is 1.46. The third-order valence-electron chi connectivity index (χ3n) is 3.33. The number of hydrogen-bond acceptors (Lipinski definition) is 7. The number of nitriles is 1. The van der Waals surface area contributed by atoms with E-state index in [-0.39, 0.29) is 16.8 Å². The van der Waals surface area contributed by atoms with Gasteiger partial charge in [-0.1, -0.05) is 6.92 Å². The summed E-state index contributed by atoms with van der Waals surface area (Å²) in [5.41, 5.74) is 4.25. The van der Waals surface area contributed by atoms with Crippen LogP contribution in [0.4, 0.5) is 5.69 Å². The molecule has 1 rings (SSSR count). The van der Waals surface area contributed by atoms with Crippen LogP contribution in [0.25, 0.3) is 5.70 Å². The number of likely N-dealkylation sites (N-methyl/N-ethyl adjacent to an activating group) is 1. The first-order chi connectivity index (χ1) is 11.3. The molecule has 0 saturated carbocycles. The van der Waals surface area contributed by atoms with Crippen molar-refractivity contribution >= 4 is 17.3 Å². The quantitative estimate of drug-likeness (QED) is 0.234. The SMILES string of the molecule is CCCN(CC)C(=O)/C(C#N)=C(\N)c1cc(O)c(O)c([N+](=O)[O-])c1. The predicted molar refractivity (Wildman–Crippen MR) is 85.7 cm³/mol. The fourth-order valence-corrected chi connectivity index (χ4v) is 2.10. The summed E-state index contributed by atoms with van der Waals surface area (Å²) in [6.45, 7) is 4.41. The summed E-state index contributed by atoms with van der Waals surface area (Å²) in [5.74, 6) is -2.29. The fourth-order valence-electron chi connectivity index (χ4n) is 2.10. The molecule has 0 atom stereocenters. The van der Waals surface area contributed by atoms with Crippen LogP contribution in [0.2, 0.25) is 0 Å². The summed E-state index contributed by atoms with van der Waals surface area (Å²) in [4.78, 5) is 23.8. The second kappa shape index (κ2) is 7.82. The number of rotatable bonds is 6. The first kappa shape index (κ1) is 18.8. The smallest absolute Gasteiger partial charge is 0.315 e. The number of carbonyl (C=O) groups excluding carboxylic acids is 1. The maximum absolute atomic E-state index is 12.4. The van der Waals surface area contributed by atoms with E-state index in [1.165, 1.54) is 4.90 Å². The number of amides is 1. The molecule has 0 fully saturated rings. The number of carbonyl (C=O) groups is 1. The lowest BCUT2D eigenvalue weighted by Crippen LogP contribution is -2.33. The maximum Gasteiger partial charge on any atom is 0.315 e. The number of nitro groups is 1. The Morgan fingerprint density at radius 1 is 1.42 bits per heavy atom. The van der Waals surface area contributed by atoms with Crippen molar-refractivity contribution in [3.05, 3.63) is 33.4 Å². The molecular weight excluding hydrogens is 316 g/mol. The van der Waals surface area contributed by atoms with Crippen LogP contribution >= 0.6 is 0 Å². The van der Waals surface area contributed by atoms with E-state index in [0.29, 0.717) is 19.5 Å². The molecule has 0 aliphatic rings. The number of phenols is 2. The molecule has 1 aromatic rings. The standard InChI is InChI=1S/C15H18N4O5/c1-3-5-18(4-2)15(22)10(8-16)13(17)9-6-11(19(23)24)14(21)12(20)7-9/h6-7,20-21H,3-5,17H2,1-2H3/b13-10-. The summed E-state index contributed by atoms with van der Waals surface area (Å²) in [7, 11) is 0. The monoisotopic (exact) mass is 334 g/mol. The number of nitro benzene ring substituents is 1. The normalized spacial score (nSPS) is 11.4. The largest absolute Gasteiger partial charge is 0.504 e. The van der Waals surface area contributed by atoms with Crippen LogP contribution in [0.5, 0.6) is 11.5 Å². The van der Waals surface area contributed by atoms with Crippen molar-refractivity contribution in [1.82, 2.24) is 4.90 Å². The average molecular weight is 334 g/mol. The summed E-state index contributed by atoms with van der Waals surface area (Å²) >= 11 is 0. The minimum absolute atomic E-state index is 0.102. The van der Waals surface area contributed by atoms with Crippen LogP contribution in [0.15, 0.2) is 17.7 Å². The lowest BCUT2D eigenvalue weighted by molar-refractivity contribution is -0.386. The van der Waals surface area contributed by atoms with Crippen molar-refractivity contribution in [1.29, 1.82) is 5.26 Å². The molecule has 1 aromatic carbocycles. The Morgan fingerprint density at radius 3 is 2.50 bits per heavy atom. The molecule has 1 amide bonds. The Labute approximate surface area is 138 Å². The molecule has 128 valence electrons. The number of phenolic OH excluding ortho intramolecular Hbond substituents is 2. The summed E-state index contributed by atoms with van der Waals surface area (Å²) < 4.78 is 0.